The van der Waals surface area contributed by atoms with Gasteiger partial charge in [0, 0.05) is 34.2 Å². The molecule has 0 unspecified atom stereocenters. The van der Waals surface area contributed by atoms with Gasteiger partial charge in [-0.1, -0.05) is 15.9 Å². The molecule has 4 N–H and O–H groups in total. The van der Waals surface area contributed by atoms with Gasteiger partial charge in [0.2, 0.25) is 0 Å². The number of carbonyl (C=O) groups excluding carboxylic acids is 1. The molecule has 2 heterocycles. The van der Waals surface area contributed by atoms with Gasteiger partial charge in [-0.3, -0.25) is 9.59 Å². The molecule has 6 nitrogen and oxygen atoms in total. The van der Waals surface area contributed by atoms with Crippen molar-refractivity contribution in [3.05, 3.63) is 61.5 Å². The number of nitrogens with one attached hydrogen (secondary N) is 2. The first-order valence-electron chi connectivity index (χ1n) is 8.76. The predicted octanol–water partition coefficient (Wildman–Crippen LogP) is 3.80. The first kappa shape index (κ1) is 19.2. The van der Waals surface area contributed by atoms with Crippen LogP contribution in [0.5, 0.6) is 0 Å². The molecule has 0 radical (unpaired) electrons. The SMILES string of the molecule is Cc1cc(N)[nH]c(=O)c1CNC(=O)c1cc(Br)cc2c1c(C)cn2C(C)C. The molecule has 0 saturated heterocycles. The van der Waals surface area contributed by atoms with E-state index in [1.807, 2.05) is 19.1 Å². The largest absolute Gasteiger partial charge is 0.385 e. The maximum atomic E-state index is 12.9. The molecule has 27 heavy (non-hydrogen) atoms. The summed E-state index contributed by atoms with van der Waals surface area (Å²) in [5, 5.41) is 3.80. The Morgan fingerprint density at radius 1 is 1.26 bits per heavy atom. The molecular formula is C20H23BrN4O2. The molecule has 1 aromatic carbocycles. The molecule has 1 amide bonds. The van der Waals surface area contributed by atoms with Gasteiger partial charge >= 0.3 is 0 Å². The summed E-state index contributed by atoms with van der Waals surface area (Å²) < 4.78 is 2.99. The van der Waals surface area contributed by atoms with E-state index in [-0.39, 0.29) is 24.1 Å². The van der Waals surface area contributed by atoms with E-state index in [0.29, 0.717) is 16.9 Å². The fraction of sp³-hybridized carbons (Fsp3) is 0.300. The Balaban J connectivity index is 1.98. The quantitative estimate of drug-likeness (QED) is 0.587. The molecule has 0 bridgehead atoms. The monoisotopic (exact) mass is 430 g/mol. The summed E-state index contributed by atoms with van der Waals surface area (Å²) in [6.07, 6.45) is 2.06. The van der Waals surface area contributed by atoms with Crippen molar-refractivity contribution in [3.8, 4) is 0 Å². The highest BCUT2D eigenvalue weighted by Crippen LogP contribution is 2.30. The van der Waals surface area contributed by atoms with Crippen LogP contribution in [0.3, 0.4) is 0 Å². The number of carbonyl (C=O) groups is 1. The number of hydrogen-bond acceptors (Lipinski definition) is 3. The highest BCUT2D eigenvalue weighted by molar-refractivity contribution is 9.10. The third-order valence-corrected chi connectivity index (χ3v) is 5.15. The maximum absolute atomic E-state index is 12.9. The minimum Gasteiger partial charge on any atom is -0.385 e. The molecule has 0 fully saturated rings. The second-order valence-corrected chi connectivity index (χ2v) is 7.97. The van der Waals surface area contributed by atoms with Crippen molar-refractivity contribution >= 4 is 38.6 Å². The number of H-pyrrole nitrogens is 1. The van der Waals surface area contributed by atoms with Crippen LogP contribution >= 0.6 is 15.9 Å². The van der Waals surface area contributed by atoms with Crippen molar-refractivity contribution in [2.24, 2.45) is 0 Å². The molecule has 0 aliphatic carbocycles. The number of amides is 1. The van der Waals surface area contributed by atoms with Crippen LogP contribution in [0.4, 0.5) is 5.82 Å². The first-order chi connectivity index (χ1) is 12.7. The number of nitrogens with two attached hydrogens (primary N) is 1. The lowest BCUT2D eigenvalue weighted by Crippen LogP contribution is -2.28. The zero-order valence-electron chi connectivity index (χ0n) is 15.8. The van der Waals surface area contributed by atoms with Gasteiger partial charge in [-0.15, -0.1) is 0 Å². The van der Waals surface area contributed by atoms with Crippen LogP contribution in [-0.2, 0) is 6.54 Å². The number of nitrogen functional groups attached to an aromatic ring is 1. The minimum absolute atomic E-state index is 0.137. The Hall–Kier alpha value is -2.54. The lowest BCUT2D eigenvalue weighted by atomic mass is 10.1. The summed E-state index contributed by atoms with van der Waals surface area (Å²) >= 11 is 3.51. The molecule has 0 atom stereocenters. The van der Waals surface area contributed by atoms with Crippen molar-refractivity contribution in [1.82, 2.24) is 14.9 Å². The van der Waals surface area contributed by atoms with Crippen molar-refractivity contribution in [3.63, 3.8) is 0 Å². The molecular weight excluding hydrogens is 408 g/mol. The Morgan fingerprint density at radius 2 is 1.96 bits per heavy atom. The topological polar surface area (TPSA) is 92.9 Å². The number of aromatic nitrogens is 2. The van der Waals surface area contributed by atoms with E-state index < -0.39 is 0 Å². The highest BCUT2D eigenvalue weighted by atomic mass is 79.9. The number of fused-ring (bicyclic) bond motifs is 1. The van der Waals surface area contributed by atoms with Crippen LogP contribution in [-0.4, -0.2) is 15.5 Å². The van der Waals surface area contributed by atoms with Gasteiger partial charge in [-0.2, -0.15) is 0 Å². The van der Waals surface area contributed by atoms with Gasteiger partial charge in [0.25, 0.3) is 11.5 Å². The molecule has 7 heteroatoms. The third-order valence-electron chi connectivity index (χ3n) is 4.69. The standard InChI is InChI=1S/C20H23BrN4O2/c1-10(2)25-9-12(4)18-14(6-13(21)7-16(18)25)19(26)23-8-15-11(3)5-17(22)24-20(15)27/h5-7,9-10H,8H2,1-4H3,(H,23,26)(H3,22,24,27). The van der Waals surface area contributed by atoms with Gasteiger partial charge in [0.15, 0.2) is 0 Å². The highest BCUT2D eigenvalue weighted by Gasteiger charge is 2.18. The van der Waals surface area contributed by atoms with Crippen molar-refractivity contribution < 1.29 is 4.79 Å². The third kappa shape index (κ3) is 3.64. The minimum atomic E-state index is -0.283. The Labute approximate surface area is 165 Å². The van der Waals surface area contributed by atoms with Crippen LogP contribution in [0.2, 0.25) is 0 Å². The molecule has 0 saturated carbocycles. The number of rotatable bonds is 4. The zero-order valence-corrected chi connectivity index (χ0v) is 17.4. The number of hydrogen-bond donors (Lipinski definition) is 3. The Kier molecular flexibility index (Phi) is 5.15. The van der Waals surface area contributed by atoms with E-state index in [9.17, 15) is 9.59 Å². The van der Waals surface area contributed by atoms with E-state index >= 15 is 0 Å². The molecule has 2 aromatic heterocycles. The first-order valence-corrected chi connectivity index (χ1v) is 9.55. The lowest BCUT2D eigenvalue weighted by molar-refractivity contribution is 0.0952. The van der Waals surface area contributed by atoms with Gasteiger partial charge in [-0.25, -0.2) is 0 Å². The normalized spacial score (nSPS) is 11.3. The summed E-state index contributed by atoms with van der Waals surface area (Å²) in [5.41, 5.74) is 9.24. The summed E-state index contributed by atoms with van der Waals surface area (Å²) in [6.45, 7) is 8.15. The Morgan fingerprint density at radius 3 is 2.59 bits per heavy atom. The number of benzene rings is 1. The molecule has 3 aromatic rings. The average molecular weight is 431 g/mol. The van der Waals surface area contributed by atoms with Gasteiger partial charge < -0.3 is 20.6 Å². The number of nitrogens with zero attached hydrogens (tertiary/aromatic N) is 1. The van der Waals surface area contributed by atoms with Crippen LogP contribution in [0, 0.1) is 13.8 Å². The van der Waals surface area contributed by atoms with E-state index in [1.54, 1.807) is 13.0 Å². The van der Waals surface area contributed by atoms with Crippen molar-refractivity contribution in [2.75, 3.05) is 5.73 Å². The van der Waals surface area contributed by atoms with Crippen LogP contribution in [0.25, 0.3) is 10.9 Å². The number of aromatic amines is 1. The fourth-order valence-electron chi connectivity index (χ4n) is 3.39. The summed E-state index contributed by atoms with van der Waals surface area (Å²) in [7, 11) is 0. The Bertz CT molecular complexity index is 1100. The number of halogens is 1. The van der Waals surface area contributed by atoms with Crippen LogP contribution < -0.4 is 16.6 Å². The van der Waals surface area contributed by atoms with Gasteiger partial charge in [0.05, 0.1) is 11.1 Å². The smallest absolute Gasteiger partial charge is 0.254 e. The second kappa shape index (κ2) is 7.23. The predicted molar refractivity (Wildman–Crippen MR) is 112 cm³/mol. The van der Waals surface area contributed by atoms with E-state index in [4.69, 9.17) is 5.73 Å². The zero-order chi connectivity index (χ0) is 19.9. The van der Waals surface area contributed by atoms with E-state index in [1.165, 1.54) is 0 Å². The summed E-state index contributed by atoms with van der Waals surface area (Å²) in [5.74, 6) is 0.0912. The van der Waals surface area contributed by atoms with Gasteiger partial charge in [0.1, 0.15) is 5.82 Å². The molecule has 0 aliphatic heterocycles. The van der Waals surface area contributed by atoms with E-state index in [0.717, 1.165) is 26.5 Å². The number of pyridine rings is 1. The van der Waals surface area contributed by atoms with Crippen LogP contribution in [0.15, 0.2) is 33.7 Å². The lowest BCUT2D eigenvalue weighted by Gasteiger charge is -2.12. The second-order valence-electron chi connectivity index (χ2n) is 7.06. The maximum Gasteiger partial charge on any atom is 0.254 e. The number of aryl methyl sites for hydroxylation is 2. The molecule has 3 rings (SSSR count). The molecule has 142 valence electrons. The van der Waals surface area contributed by atoms with E-state index in [2.05, 4.69) is 50.8 Å². The van der Waals surface area contributed by atoms with Crippen molar-refractivity contribution in [2.45, 2.75) is 40.3 Å². The van der Waals surface area contributed by atoms with Crippen LogP contribution in [0.1, 0.15) is 46.9 Å². The van der Waals surface area contributed by atoms with Gasteiger partial charge in [-0.05, 0) is 57.0 Å². The van der Waals surface area contributed by atoms with Crippen molar-refractivity contribution in [1.29, 1.82) is 0 Å². The summed E-state index contributed by atoms with van der Waals surface area (Å²) in [4.78, 5) is 27.6. The number of anilines is 1. The molecule has 0 aliphatic rings. The molecule has 0 spiro atoms. The average Bonchev–Trinajstić information content (AvgIpc) is 2.89. The fourth-order valence-corrected chi connectivity index (χ4v) is 3.83. The summed E-state index contributed by atoms with van der Waals surface area (Å²) in [6, 6.07) is 5.80.